The van der Waals surface area contributed by atoms with E-state index in [1.54, 1.807) is 49.1 Å². The summed E-state index contributed by atoms with van der Waals surface area (Å²) in [6.45, 7) is 3.27. The Morgan fingerprint density at radius 1 is 1.03 bits per heavy atom. The van der Waals surface area contributed by atoms with E-state index in [1.165, 1.54) is 30.6 Å². The van der Waals surface area contributed by atoms with Crippen molar-refractivity contribution in [1.29, 1.82) is 0 Å². The molecule has 3 amide bonds. The molecule has 1 aromatic heterocycles. The Morgan fingerprint density at radius 2 is 1.72 bits per heavy atom. The molecule has 0 aliphatic carbocycles. The number of halogens is 1. The fourth-order valence-electron chi connectivity index (χ4n) is 2.88. The summed E-state index contributed by atoms with van der Waals surface area (Å²) in [4.78, 5) is 41.0. The van der Waals surface area contributed by atoms with Gasteiger partial charge in [0.05, 0.1) is 12.2 Å². The van der Waals surface area contributed by atoms with E-state index >= 15 is 0 Å². The summed E-state index contributed by atoms with van der Waals surface area (Å²) < 4.78 is 14.6. The highest BCUT2D eigenvalue weighted by atomic mass is 19.1. The van der Waals surface area contributed by atoms with Gasteiger partial charge in [-0.05, 0) is 54.4 Å². The van der Waals surface area contributed by atoms with Crippen LogP contribution in [0.2, 0.25) is 0 Å². The maximum Gasteiger partial charge on any atom is 0.251 e. The van der Waals surface area contributed by atoms with Crippen LogP contribution in [0.15, 0.2) is 61.2 Å². The number of hydrogen-bond donors (Lipinski definition) is 3. The molecule has 1 atom stereocenters. The zero-order valence-corrected chi connectivity index (χ0v) is 17.6. The van der Waals surface area contributed by atoms with Crippen molar-refractivity contribution in [2.75, 3.05) is 11.9 Å². The molecule has 0 unspecified atom stereocenters. The number of carbonyl (C=O) groups is 3. The Balaban J connectivity index is 1.52. The van der Waals surface area contributed by atoms with Crippen LogP contribution in [-0.4, -0.2) is 45.1 Å². The molecule has 3 aromatic rings. The summed E-state index contributed by atoms with van der Waals surface area (Å²) in [6.07, 6.45) is 2.98. The fourth-order valence-corrected chi connectivity index (χ4v) is 2.88. The van der Waals surface area contributed by atoms with Gasteiger partial charge in [0.15, 0.2) is 0 Å². The van der Waals surface area contributed by atoms with Crippen molar-refractivity contribution < 1.29 is 18.8 Å². The van der Waals surface area contributed by atoms with Gasteiger partial charge in [0, 0.05) is 11.3 Å². The number of nitrogens with one attached hydrogen (secondary N) is 3. The molecule has 10 heteroatoms. The van der Waals surface area contributed by atoms with Crippen molar-refractivity contribution in [3.05, 3.63) is 72.6 Å². The van der Waals surface area contributed by atoms with E-state index in [1.807, 2.05) is 0 Å². The first-order chi connectivity index (χ1) is 15.3. The van der Waals surface area contributed by atoms with E-state index < -0.39 is 29.6 Å². The largest absolute Gasteiger partial charge is 0.345 e. The van der Waals surface area contributed by atoms with E-state index in [0.717, 1.165) is 5.69 Å². The Morgan fingerprint density at radius 3 is 2.31 bits per heavy atom. The van der Waals surface area contributed by atoms with Crippen LogP contribution in [0.5, 0.6) is 0 Å². The van der Waals surface area contributed by atoms with Crippen LogP contribution in [0.1, 0.15) is 24.2 Å². The summed E-state index contributed by atoms with van der Waals surface area (Å²) in [6, 6.07) is 11.1. The minimum absolute atomic E-state index is 0.230. The maximum atomic E-state index is 13.0. The normalized spacial score (nSPS) is 11.6. The summed E-state index contributed by atoms with van der Waals surface area (Å²) in [5.41, 5.74) is 1.57. The molecule has 0 radical (unpaired) electrons. The molecule has 2 aromatic carbocycles. The highest BCUT2D eigenvalue weighted by molar-refractivity contribution is 5.99. The third-order valence-corrected chi connectivity index (χ3v) is 4.60. The molecule has 32 heavy (non-hydrogen) atoms. The molecule has 0 aliphatic heterocycles. The number of nitrogens with zero attached hydrogens (tertiary/aromatic N) is 3. The monoisotopic (exact) mass is 438 g/mol. The van der Waals surface area contributed by atoms with Gasteiger partial charge in [-0.2, -0.15) is 5.10 Å². The van der Waals surface area contributed by atoms with Crippen molar-refractivity contribution in [2.24, 2.45) is 5.92 Å². The molecule has 0 bridgehead atoms. The predicted octanol–water partition coefficient (Wildman–Crippen LogP) is 1.92. The molecule has 0 saturated carbocycles. The van der Waals surface area contributed by atoms with Crippen molar-refractivity contribution in [1.82, 2.24) is 25.4 Å². The van der Waals surface area contributed by atoms with Gasteiger partial charge in [-0.15, -0.1) is 0 Å². The third kappa shape index (κ3) is 5.97. The van der Waals surface area contributed by atoms with Crippen LogP contribution < -0.4 is 16.0 Å². The number of anilines is 1. The highest BCUT2D eigenvalue weighted by Crippen LogP contribution is 2.12. The van der Waals surface area contributed by atoms with Crippen molar-refractivity contribution in [3.63, 3.8) is 0 Å². The molecular formula is C22H23FN6O3. The summed E-state index contributed by atoms with van der Waals surface area (Å²) in [7, 11) is 0. The zero-order valence-electron chi connectivity index (χ0n) is 17.6. The van der Waals surface area contributed by atoms with Crippen LogP contribution in [0, 0.1) is 11.7 Å². The Bertz CT molecular complexity index is 1070. The molecule has 0 aliphatic rings. The predicted molar refractivity (Wildman–Crippen MR) is 115 cm³/mol. The number of rotatable bonds is 8. The first-order valence-electron chi connectivity index (χ1n) is 9.92. The first kappa shape index (κ1) is 22.6. The van der Waals surface area contributed by atoms with Gasteiger partial charge in [0.25, 0.3) is 5.91 Å². The molecule has 0 spiro atoms. The summed E-state index contributed by atoms with van der Waals surface area (Å²) >= 11 is 0. The Kier molecular flexibility index (Phi) is 7.27. The minimum atomic E-state index is -0.859. The zero-order chi connectivity index (χ0) is 23.1. The molecule has 3 rings (SSSR count). The molecule has 0 fully saturated rings. The number of carbonyl (C=O) groups excluding carboxylic acids is 3. The van der Waals surface area contributed by atoms with Crippen molar-refractivity contribution >= 4 is 23.4 Å². The fraction of sp³-hybridized carbons (Fsp3) is 0.227. The second kappa shape index (κ2) is 10.3. The number of benzene rings is 2. The quantitative estimate of drug-likeness (QED) is 0.497. The smallest absolute Gasteiger partial charge is 0.251 e. The van der Waals surface area contributed by atoms with Crippen LogP contribution in [0.3, 0.4) is 0 Å². The van der Waals surface area contributed by atoms with E-state index in [-0.39, 0.29) is 18.0 Å². The molecule has 0 saturated heterocycles. The van der Waals surface area contributed by atoms with Crippen molar-refractivity contribution in [2.45, 2.75) is 19.9 Å². The van der Waals surface area contributed by atoms with Gasteiger partial charge < -0.3 is 16.0 Å². The van der Waals surface area contributed by atoms with Crippen LogP contribution in [0.4, 0.5) is 10.1 Å². The van der Waals surface area contributed by atoms with Gasteiger partial charge in [0.1, 0.15) is 24.5 Å². The molecule has 3 N–H and O–H groups in total. The molecule has 1 heterocycles. The standard InChI is InChI=1S/C22H23FN6O3/c1-14(2)20(28-21(31)15-3-5-16(23)6-4-15)22(32)25-11-19(30)27-17-7-9-18(10-8-17)29-13-24-12-26-29/h3-10,12-14,20H,11H2,1-2H3,(H,25,32)(H,27,30)(H,28,31)/t20-/m0/s1. The number of hydrogen-bond acceptors (Lipinski definition) is 5. The van der Waals surface area contributed by atoms with E-state index in [0.29, 0.717) is 5.69 Å². The van der Waals surface area contributed by atoms with E-state index in [2.05, 4.69) is 26.0 Å². The Labute approximate surface area is 184 Å². The Hall–Kier alpha value is -4.08. The minimum Gasteiger partial charge on any atom is -0.345 e. The molecule has 166 valence electrons. The third-order valence-electron chi connectivity index (χ3n) is 4.60. The lowest BCUT2D eigenvalue weighted by Gasteiger charge is -2.21. The second-order valence-electron chi connectivity index (χ2n) is 7.35. The summed E-state index contributed by atoms with van der Waals surface area (Å²) in [5, 5.41) is 11.9. The average Bonchev–Trinajstić information content (AvgIpc) is 3.31. The average molecular weight is 438 g/mol. The van der Waals surface area contributed by atoms with Gasteiger partial charge in [0.2, 0.25) is 11.8 Å². The SMILES string of the molecule is CC(C)[C@H](NC(=O)c1ccc(F)cc1)C(=O)NCC(=O)Nc1ccc(-n2cncn2)cc1. The van der Waals surface area contributed by atoms with Gasteiger partial charge in [-0.1, -0.05) is 13.8 Å². The van der Waals surface area contributed by atoms with E-state index in [9.17, 15) is 18.8 Å². The summed E-state index contributed by atoms with van der Waals surface area (Å²) in [5.74, 6) is -2.10. The molecular weight excluding hydrogens is 415 g/mol. The second-order valence-corrected chi connectivity index (χ2v) is 7.35. The van der Waals surface area contributed by atoms with Crippen LogP contribution in [-0.2, 0) is 9.59 Å². The topological polar surface area (TPSA) is 118 Å². The van der Waals surface area contributed by atoms with Gasteiger partial charge in [-0.25, -0.2) is 14.1 Å². The van der Waals surface area contributed by atoms with Gasteiger partial charge >= 0.3 is 0 Å². The number of aromatic nitrogens is 3. The lowest BCUT2D eigenvalue weighted by atomic mass is 10.0. The maximum absolute atomic E-state index is 13.0. The van der Waals surface area contributed by atoms with Gasteiger partial charge in [-0.3, -0.25) is 14.4 Å². The van der Waals surface area contributed by atoms with Crippen LogP contribution in [0.25, 0.3) is 5.69 Å². The molecule has 9 nitrogen and oxygen atoms in total. The van der Waals surface area contributed by atoms with E-state index in [4.69, 9.17) is 0 Å². The highest BCUT2D eigenvalue weighted by Gasteiger charge is 2.25. The lowest BCUT2D eigenvalue weighted by molar-refractivity contribution is -0.126. The number of amides is 3. The lowest BCUT2D eigenvalue weighted by Crippen LogP contribution is -2.51. The van der Waals surface area contributed by atoms with Crippen molar-refractivity contribution in [3.8, 4) is 5.69 Å². The van der Waals surface area contributed by atoms with Crippen LogP contribution >= 0.6 is 0 Å². The first-order valence-corrected chi connectivity index (χ1v) is 9.92.